The van der Waals surface area contributed by atoms with Crippen molar-refractivity contribution >= 4 is 49.0 Å². The minimum Gasteiger partial charge on any atom is -0.307 e. The molecule has 0 atom stereocenters. The highest BCUT2D eigenvalue weighted by Gasteiger charge is 2.25. The number of fused-ring (bicyclic) bond motifs is 5. The van der Waals surface area contributed by atoms with Crippen molar-refractivity contribution in [2.24, 2.45) is 7.05 Å². The zero-order valence-corrected chi connectivity index (χ0v) is 15.8. The van der Waals surface area contributed by atoms with Crippen molar-refractivity contribution < 1.29 is 13.3 Å². The minimum atomic E-state index is -0.293. The van der Waals surface area contributed by atoms with E-state index in [0.29, 0.717) is 0 Å². The molecule has 3 heterocycles. The predicted octanol–water partition coefficient (Wildman–Crippen LogP) is 5.71. The number of aromatic nitrogens is 2. The van der Waals surface area contributed by atoms with Crippen LogP contribution in [0.2, 0.25) is 0 Å². The second-order valence-electron chi connectivity index (χ2n) is 7.75. The number of rotatable bonds is 0. The average Bonchev–Trinajstić information content (AvgIpc) is 2.97. The van der Waals surface area contributed by atoms with E-state index >= 15 is 0 Å². The van der Waals surface area contributed by atoms with Gasteiger partial charge in [0.2, 0.25) is 5.52 Å². The summed E-state index contributed by atoms with van der Waals surface area (Å²) in [5, 5.41) is 5.03. The highest BCUT2D eigenvalue weighted by atomic mass is 19.1. The van der Waals surface area contributed by atoms with Crippen LogP contribution in [-0.2, 0) is 7.05 Å². The second-order valence-corrected chi connectivity index (χ2v) is 7.75. The Bertz CT molecular complexity index is 1610. The molecule has 0 fully saturated rings. The van der Waals surface area contributed by atoms with Gasteiger partial charge in [0.25, 0.3) is 0 Å². The van der Waals surface area contributed by atoms with Gasteiger partial charge in [-0.15, -0.1) is 0 Å². The summed E-state index contributed by atoms with van der Waals surface area (Å²) in [7, 11) is 2.02. The lowest BCUT2D eigenvalue weighted by Crippen LogP contribution is -2.29. The summed E-state index contributed by atoms with van der Waals surface area (Å²) in [6.45, 7) is 4.23. The van der Waals surface area contributed by atoms with Gasteiger partial charge >= 0.3 is 0 Å². The Balaban J connectivity index is 2.16. The Kier molecular flexibility index (Phi) is 2.79. The lowest BCUT2D eigenvalue weighted by Gasteiger charge is -2.14. The second kappa shape index (κ2) is 4.96. The van der Waals surface area contributed by atoms with Gasteiger partial charge in [0, 0.05) is 16.8 Å². The number of hydrogen-bond donors (Lipinski definition) is 0. The van der Waals surface area contributed by atoms with E-state index in [1.54, 1.807) is 18.2 Å². The molecule has 0 aliphatic rings. The van der Waals surface area contributed by atoms with Crippen LogP contribution < -0.4 is 4.57 Å². The van der Waals surface area contributed by atoms with Gasteiger partial charge in [0.15, 0.2) is 6.20 Å². The number of halogens is 2. The van der Waals surface area contributed by atoms with Gasteiger partial charge in [-0.05, 0) is 66.8 Å². The van der Waals surface area contributed by atoms with Crippen molar-refractivity contribution in [1.82, 2.24) is 4.40 Å². The lowest BCUT2D eigenvalue weighted by molar-refractivity contribution is -0.643. The summed E-state index contributed by atoms with van der Waals surface area (Å²) in [5.41, 5.74) is 6.01. The van der Waals surface area contributed by atoms with Crippen molar-refractivity contribution in [2.45, 2.75) is 13.8 Å². The van der Waals surface area contributed by atoms with Crippen LogP contribution in [-0.4, -0.2) is 4.40 Å². The standard InChI is InChI=1S/C24H17F2N2/c1-12-8-18-17-5-4-15(25)10-19(17)28-20-11-16(26)9-14-6-7-27(3)24(22(14)20)21(13(12)2)23(18)28/h4-11H,1-3H3/q+1. The van der Waals surface area contributed by atoms with Crippen LogP contribution in [0.4, 0.5) is 8.78 Å². The first kappa shape index (κ1) is 15.8. The summed E-state index contributed by atoms with van der Waals surface area (Å²) < 4.78 is 32.9. The number of nitrogens with zero attached hydrogens (tertiary/aromatic N) is 2. The number of hydrogen-bond acceptors (Lipinski definition) is 0. The third-order valence-electron chi connectivity index (χ3n) is 6.19. The first-order valence-electron chi connectivity index (χ1n) is 9.32. The van der Waals surface area contributed by atoms with Crippen LogP contribution in [0.15, 0.2) is 48.7 Å². The zero-order valence-electron chi connectivity index (χ0n) is 15.8. The first-order chi connectivity index (χ1) is 13.5. The van der Waals surface area contributed by atoms with Crippen LogP contribution in [0.1, 0.15) is 11.1 Å². The lowest BCUT2D eigenvalue weighted by atomic mass is 9.96. The topological polar surface area (TPSA) is 8.29 Å². The molecule has 4 heteroatoms. The van der Waals surface area contributed by atoms with E-state index in [1.165, 1.54) is 17.2 Å². The fourth-order valence-corrected chi connectivity index (χ4v) is 4.84. The van der Waals surface area contributed by atoms with Gasteiger partial charge in [-0.2, -0.15) is 0 Å². The Morgan fingerprint density at radius 1 is 0.821 bits per heavy atom. The third-order valence-corrected chi connectivity index (χ3v) is 6.19. The SMILES string of the molecule is Cc1cc2c3ccc(F)cc3n3c4cc(F)cc5cc[n+](C)c(c(c1C)c23)c54. The summed E-state index contributed by atoms with van der Waals surface area (Å²) in [6, 6.07) is 12.1. The molecule has 0 bridgehead atoms. The fraction of sp³-hybridized carbons (Fsp3) is 0.125. The molecule has 0 amide bonds. The monoisotopic (exact) mass is 371 g/mol. The van der Waals surface area contributed by atoms with Crippen LogP contribution in [0.25, 0.3) is 49.0 Å². The molecule has 3 aromatic carbocycles. The first-order valence-corrected chi connectivity index (χ1v) is 9.32. The number of aryl methyl sites for hydroxylation is 3. The van der Waals surface area contributed by atoms with Crippen molar-refractivity contribution in [3.8, 4) is 0 Å². The van der Waals surface area contributed by atoms with Crippen molar-refractivity contribution in [3.05, 3.63) is 71.4 Å². The molecule has 0 saturated heterocycles. The predicted molar refractivity (Wildman–Crippen MR) is 109 cm³/mol. The molecule has 0 spiro atoms. The van der Waals surface area contributed by atoms with E-state index in [1.807, 2.05) is 29.8 Å². The molecule has 0 saturated carbocycles. The maximum absolute atomic E-state index is 14.5. The molecule has 0 N–H and O–H groups in total. The Morgan fingerprint density at radius 3 is 2.43 bits per heavy atom. The highest BCUT2D eigenvalue weighted by molar-refractivity contribution is 6.26. The third kappa shape index (κ3) is 1.73. The summed E-state index contributed by atoms with van der Waals surface area (Å²) >= 11 is 0. The Labute approximate surface area is 159 Å². The molecule has 0 unspecified atom stereocenters. The number of pyridine rings is 2. The Hall–Kier alpha value is -3.27. The van der Waals surface area contributed by atoms with Crippen molar-refractivity contribution in [1.29, 1.82) is 0 Å². The van der Waals surface area contributed by atoms with Gasteiger partial charge in [0.1, 0.15) is 18.7 Å². The summed E-state index contributed by atoms with van der Waals surface area (Å²) in [4.78, 5) is 0. The number of benzene rings is 3. The van der Waals surface area contributed by atoms with Crippen LogP contribution in [0, 0.1) is 25.5 Å². The van der Waals surface area contributed by atoms with Gasteiger partial charge in [-0.1, -0.05) is 0 Å². The molecule has 0 aliphatic heterocycles. The molecule has 136 valence electrons. The smallest absolute Gasteiger partial charge is 0.224 e. The molecular weight excluding hydrogens is 354 g/mol. The maximum atomic E-state index is 14.5. The molecule has 0 radical (unpaired) electrons. The highest BCUT2D eigenvalue weighted by Crippen LogP contribution is 2.41. The normalized spacial score (nSPS) is 12.5. The van der Waals surface area contributed by atoms with E-state index in [9.17, 15) is 8.78 Å². The van der Waals surface area contributed by atoms with Crippen LogP contribution >= 0.6 is 0 Å². The molecule has 28 heavy (non-hydrogen) atoms. The quantitative estimate of drug-likeness (QED) is 0.184. The summed E-state index contributed by atoms with van der Waals surface area (Å²) in [6.07, 6.45) is 1.98. The van der Waals surface area contributed by atoms with E-state index in [-0.39, 0.29) is 11.6 Å². The molecule has 2 nitrogen and oxygen atoms in total. The van der Waals surface area contributed by atoms with Crippen molar-refractivity contribution in [2.75, 3.05) is 0 Å². The fourth-order valence-electron chi connectivity index (χ4n) is 4.84. The average molecular weight is 371 g/mol. The van der Waals surface area contributed by atoms with E-state index in [4.69, 9.17) is 0 Å². The zero-order chi connectivity index (χ0) is 19.3. The molecule has 6 rings (SSSR count). The molecule has 3 aromatic heterocycles. The van der Waals surface area contributed by atoms with E-state index in [2.05, 4.69) is 24.5 Å². The van der Waals surface area contributed by atoms with Gasteiger partial charge < -0.3 is 4.40 Å². The van der Waals surface area contributed by atoms with Gasteiger partial charge in [0.05, 0.1) is 27.3 Å². The van der Waals surface area contributed by atoms with E-state index in [0.717, 1.165) is 49.0 Å². The van der Waals surface area contributed by atoms with Gasteiger partial charge in [-0.25, -0.2) is 13.3 Å². The van der Waals surface area contributed by atoms with Crippen molar-refractivity contribution in [3.63, 3.8) is 0 Å². The van der Waals surface area contributed by atoms with Gasteiger partial charge in [-0.3, -0.25) is 0 Å². The maximum Gasteiger partial charge on any atom is 0.224 e. The minimum absolute atomic E-state index is 0.291. The van der Waals surface area contributed by atoms with Crippen LogP contribution in [0.5, 0.6) is 0 Å². The Morgan fingerprint density at radius 2 is 1.61 bits per heavy atom. The largest absolute Gasteiger partial charge is 0.307 e. The molecular formula is C24H17F2N2+. The molecule has 0 aliphatic carbocycles. The summed E-state index contributed by atoms with van der Waals surface area (Å²) in [5.74, 6) is -0.584. The molecule has 6 aromatic rings. The van der Waals surface area contributed by atoms with Crippen LogP contribution in [0.3, 0.4) is 0 Å². The van der Waals surface area contributed by atoms with E-state index < -0.39 is 0 Å².